The van der Waals surface area contributed by atoms with Gasteiger partial charge in [0.2, 0.25) is 0 Å². The third kappa shape index (κ3) is 2.73. The lowest BCUT2D eigenvalue weighted by Gasteiger charge is -2.14. The second-order valence-corrected chi connectivity index (χ2v) is 4.62. The van der Waals surface area contributed by atoms with Crippen LogP contribution < -0.4 is 0 Å². The van der Waals surface area contributed by atoms with E-state index in [2.05, 4.69) is 14.5 Å². The fraction of sp³-hybridized carbons (Fsp3) is 0.727. The summed E-state index contributed by atoms with van der Waals surface area (Å²) < 4.78 is 2.09. The quantitative estimate of drug-likeness (QED) is 0.728. The van der Waals surface area contributed by atoms with Gasteiger partial charge in [0, 0.05) is 44.8 Å². The average molecular weight is 228 g/mol. The van der Waals surface area contributed by atoms with Crippen molar-refractivity contribution in [3.8, 4) is 0 Å². The molecule has 0 spiro atoms. The monoisotopic (exact) mass is 227 g/mol. The molecule has 84 valence electrons. The topological polar surface area (TPSA) is 21.1 Å². The lowest BCUT2D eigenvalue weighted by atomic mass is 10.2. The second-order valence-electron chi connectivity index (χ2n) is 4.31. The first-order chi connectivity index (χ1) is 7.29. The Hall–Kier alpha value is -0.540. The molecular weight excluding hydrogens is 210 g/mol. The van der Waals surface area contributed by atoms with Crippen LogP contribution in [0.5, 0.6) is 0 Å². The molecule has 0 saturated carbocycles. The molecule has 4 heteroatoms. The summed E-state index contributed by atoms with van der Waals surface area (Å²) in [7, 11) is 2.05. The maximum absolute atomic E-state index is 5.85. The first-order valence-electron chi connectivity index (χ1n) is 5.54. The highest BCUT2D eigenvalue weighted by atomic mass is 35.5. The summed E-state index contributed by atoms with van der Waals surface area (Å²) in [6.45, 7) is 3.47. The Kier molecular flexibility index (Phi) is 3.65. The van der Waals surface area contributed by atoms with Gasteiger partial charge in [-0.15, -0.1) is 11.6 Å². The molecule has 1 fully saturated rings. The fourth-order valence-electron chi connectivity index (χ4n) is 2.14. The number of hydrogen-bond donors (Lipinski definition) is 0. The van der Waals surface area contributed by atoms with Gasteiger partial charge in [0.25, 0.3) is 0 Å². The van der Waals surface area contributed by atoms with E-state index >= 15 is 0 Å². The average Bonchev–Trinajstić information content (AvgIpc) is 2.84. The van der Waals surface area contributed by atoms with Crippen molar-refractivity contribution in [3.63, 3.8) is 0 Å². The summed E-state index contributed by atoms with van der Waals surface area (Å²) in [5.41, 5.74) is 0. The molecule has 2 rings (SSSR count). The van der Waals surface area contributed by atoms with Gasteiger partial charge in [0.1, 0.15) is 5.82 Å². The molecular formula is C11H18ClN3. The van der Waals surface area contributed by atoms with E-state index in [0.717, 1.165) is 25.4 Å². The standard InChI is InChI=1S/C11H18ClN3/c1-14-7-4-13-11(14)3-6-15-5-2-10(8-12)9-15/h4,7,10H,2-3,5-6,8-9H2,1H3. The number of halogens is 1. The zero-order chi connectivity index (χ0) is 10.7. The van der Waals surface area contributed by atoms with Crippen LogP contribution in [0.1, 0.15) is 12.2 Å². The number of imidazole rings is 1. The van der Waals surface area contributed by atoms with Crippen LogP contribution in [0.4, 0.5) is 0 Å². The van der Waals surface area contributed by atoms with Gasteiger partial charge in [-0.05, 0) is 18.9 Å². The Balaban J connectivity index is 1.77. The number of aryl methyl sites for hydroxylation is 1. The maximum Gasteiger partial charge on any atom is 0.109 e. The van der Waals surface area contributed by atoms with Crippen LogP contribution in [-0.4, -0.2) is 40.0 Å². The molecule has 1 atom stereocenters. The first-order valence-corrected chi connectivity index (χ1v) is 6.07. The van der Waals surface area contributed by atoms with Crippen molar-refractivity contribution < 1.29 is 0 Å². The molecule has 1 aliphatic heterocycles. The molecule has 15 heavy (non-hydrogen) atoms. The third-order valence-corrected chi connectivity index (χ3v) is 3.60. The number of alkyl halides is 1. The summed E-state index contributed by atoms with van der Waals surface area (Å²) in [5.74, 6) is 2.68. The Morgan fingerprint density at radius 2 is 2.47 bits per heavy atom. The van der Waals surface area contributed by atoms with Gasteiger partial charge in [-0.3, -0.25) is 0 Å². The van der Waals surface area contributed by atoms with Gasteiger partial charge in [0.15, 0.2) is 0 Å². The normalized spacial score (nSPS) is 22.4. The van der Waals surface area contributed by atoms with E-state index in [1.54, 1.807) is 0 Å². The number of hydrogen-bond acceptors (Lipinski definition) is 2. The van der Waals surface area contributed by atoms with Gasteiger partial charge >= 0.3 is 0 Å². The molecule has 1 saturated heterocycles. The van der Waals surface area contributed by atoms with Crippen molar-refractivity contribution in [1.82, 2.24) is 14.5 Å². The molecule has 1 aromatic heterocycles. The lowest BCUT2D eigenvalue weighted by molar-refractivity contribution is 0.329. The molecule has 0 bridgehead atoms. The lowest BCUT2D eigenvalue weighted by Crippen LogP contribution is -2.24. The number of nitrogens with zero attached hydrogens (tertiary/aromatic N) is 3. The molecule has 1 unspecified atom stereocenters. The highest BCUT2D eigenvalue weighted by molar-refractivity contribution is 6.18. The zero-order valence-electron chi connectivity index (χ0n) is 9.19. The van der Waals surface area contributed by atoms with Gasteiger partial charge in [-0.2, -0.15) is 0 Å². The molecule has 1 aromatic rings. The Labute approximate surface area is 96.0 Å². The number of aromatic nitrogens is 2. The van der Waals surface area contributed by atoms with Crippen molar-refractivity contribution in [3.05, 3.63) is 18.2 Å². The molecule has 0 aromatic carbocycles. The Morgan fingerprint density at radius 1 is 1.60 bits per heavy atom. The summed E-state index contributed by atoms with van der Waals surface area (Å²) in [6, 6.07) is 0. The van der Waals surface area contributed by atoms with E-state index in [9.17, 15) is 0 Å². The molecule has 0 N–H and O–H groups in total. The van der Waals surface area contributed by atoms with E-state index in [-0.39, 0.29) is 0 Å². The van der Waals surface area contributed by atoms with E-state index in [1.165, 1.54) is 18.8 Å². The summed E-state index contributed by atoms with van der Waals surface area (Å²) in [5, 5.41) is 0. The summed E-state index contributed by atoms with van der Waals surface area (Å²) in [4.78, 5) is 6.81. The van der Waals surface area contributed by atoms with Crippen LogP contribution in [0.25, 0.3) is 0 Å². The SMILES string of the molecule is Cn1ccnc1CCN1CCC(CCl)C1. The van der Waals surface area contributed by atoms with Crippen molar-refractivity contribution in [2.24, 2.45) is 13.0 Å². The van der Waals surface area contributed by atoms with Gasteiger partial charge in [-0.25, -0.2) is 4.98 Å². The van der Waals surface area contributed by atoms with Crippen LogP contribution in [0.3, 0.4) is 0 Å². The summed E-state index contributed by atoms with van der Waals surface area (Å²) in [6.07, 6.45) is 6.16. The van der Waals surface area contributed by atoms with Crippen LogP contribution in [0, 0.1) is 5.92 Å². The third-order valence-electron chi connectivity index (χ3n) is 3.16. The predicted octanol–water partition coefficient (Wildman–Crippen LogP) is 1.52. The minimum absolute atomic E-state index is 0.702. The van der Waals surface area contributed by atoms with Crippen LogP contribution in [-0.2, 0) is 13.5 Å². The van der Waals surface area contributed by atoms with E-state index in [4.69, 9.17) is 11.6 Å². The van der Waals surface area contributed by atoms with Gasteiger partial charge in [-0.1, -0.05) is 0 Å². The number of likely N-dealkylation sites (tertiary alicyclic amines) is 1. The van der Waals surface area contributed by atoms with Crippen molar-refractivity contribution in [2.75, 3.05) is 25.5 Å². The second kappa shape index (κ2) is 4.99. The maximum atomic E-state index is 5.85. The van der Waals surface area contributed by atoms with Crippen LogP contribution in [0.15, 0.2) is 12.4 Å². The zero-order valence-corrected chi connectivity index (χ0v) is 9.95. The largest absolute Gasteiger partial charge is 0.338 e. The molecule has 0 radical (unpaired) electrons. The minimum atomic E-state index is 0.702. The molecule has 3 nitrogen and oxygen atoms in total. The van der Waals surface area contributed by atoms with E-state index in [0.29, 0.717) is 5.92 Å². The molecule has 0 aliphatic carbocycles. The smallest absolute Gasteiger partial charge is 0.109 e. The van der Waals surface area contributed by atoms with Crippen LogP contribution >= 0.6 is 11.6 Å². The molecule has 2 heterocycles. The molecule has 1 aliphatic rings. The Morgan fingerprint density at radius 3 is 3.07 bits per heavy atom. The van der Waals surface area contributed by atoms with E-state index < -0.39 is 0 Å². The van der Waals surface area contributed by atoms with Crippen LogP contribution in [0.2, 0.25) is 0 Å². The fourth-order valence-corrected chi connectivity index (χ4v) is 2.39. The van der Waals surface area contributed by atoms with Crippen molar-refractivity contribution in [1.29, 1.82) is 0 Å². The molecule has 0 amide bonds. The highest BCUT2D eigenvalue weighted by Crippen LogP contribution is 2.17. The summed E-state index contributed by atoms with van der Waals surface area (Å²) >= 11 is 5.85. The predicted molar refractivity (Wildman–Crippen MR) is 62.2 cm³/mol. The van der Waals surface area contributed by atoms with Crippen molar-refractivity contribution in [2.45, 2.75) is 12.8 Å². The van der Waals surface area contributed by atoms with Gasteiger partial charge in [0.05, 0.1) is 0 Å². The highest BCUT2D eigenvalue weighted by Gasteiger charge is 2.21. The number of rotatable bonds is 4. The first kappa shape index (κ1) is 11.0. The minimum Gasteiger partial charge on any atom is -0.338 e. The van der Waals surface area contributed by atoms with Crippen molar-refractivity contribution >= 4 is 11.6 Å². The van der Waals surface area contributed by atoms with E-state index in [1.807, 2.05) is 19.4 Å². The van der Waals surface area contributed by atoms with Gasteiger partial charge < -0.3 is 9.47 Å². The Bertz CT molecular complexity index is 311.